The van der Waals surface area contributed by atoms with E-state index in [4.69, 9.17) is 4.74 Å². The van der Waals surface area contributed by atoms with E-state index in [-0.39, 0.29) is 37.3 Å². The van der Waals surface area contributed by atoms with Crippen molar-refractivity contribution < 1.29 is 13.5 Å². The second kappa shape index (κ2) is 11.0. The molecule has 0 radical (unpaired) electrons. The average Bonchev–Trinajstić information content (AvgIpc) is 3.08. The number of alkyl halides is 2. The zero-order valence-electron chi connectivity index (χ0n) is 16.1. The van der Waals surface area contributed by atoms with E-state index in [0.717, 1.165) is 31.2 Å². The third-order valence-electron chi connectivity index (χ3n) is 4.79. The zero-order valence-corrected chi connectivity index (χ0v) is 17.7. The van der Waals surface area contributed by atoms with Crippen LogP contribution in [-0.4, -0.2) is 25.6 Å². The lowest BCUT2D eigenvalue weighted by molar-refractivity contribution is 0.0226. The zero-order chi connectivity index (χ0) is 18.6. The summed E-state index contributed by atoms with van der Waals surface area (Å²) in [5.41, 5.74) is 2.79. The maximum atomic E-state index is 13.3. The van der Waals surface area contributed by atoms with Gasteiger partial charge in [-0.25, -0.2) is 8.78 Å². The number of halogens is 4. The highest BCUT2D eigenvalue weighted by atomic mass is 35.5. The maximum absolute atomic E-state index is 13.3. The number of rotatable bonds is 7. The predicted octanol–water partition coefficient (Wildman–Crippen LogP) is 4.93. The van der Waals surface area contributed by atoms with E-state index in [9.17, 15) is 8.78 Å². The molecule has 0 unspecified atom stereocenters. The molecule has 28 heavy (non-hydrogen) atoms. The topological polar surface area (TPSA) is 33.3 Å². The minimum absolute atomic E-state index is 0. The van der Waals surface area contributed by atoms with Crippen molar-refractivity contribution in [2.75, 3.05) is 13.7 Å². The van der Waals surface area contributed by atoms with E-state index >= 15 is 0 Å². The van der Waals surface area contributed by atoms with E-state index in [0.29, 0.717) is 18.2 Å². The van der Waals surface area contributed by atoms with Crippen LogP contribution in [-0.2, 0) is 13.0 Å². The Morgan fingerprint density at radius 3 is 2.50 bits per heavy atom. The van der Waals surface area contributed by atoms with Crippen LogP contribution in [0.15, 0.2) is 48.5 Å². The molecule has 1 fully saturated rings. The molecule has 2 aromatic rings. The van der Waals surface area contributed by atoms with Crippen LogP contribution < -0.4 is 15.4 Å². The average molecular weight is 433 g/mol. The largest absolute Gasteiger partial charge is 0.496 e. The van der Waals surface area contributed by atoms with Crippen molar-refractivity contribution in [3.8, 4) is 5.75 Å². The standard InChI is InChI=1S/C21H26F2N2O.2ClH/c1-21(22,23)13-15-8-9-19(26-2)17(12-15)14-25-18-10-11-24-20(18)16-6-4-3-5-7-16;;/h3-9,12,18,20,24-25H,10-11,13-14H2,1-2H3;2*1H/t18-,20-;;/m0../s1. The number of ether oxygens (including phenoxy) is 1. The summed E-state index contributed by atoms with van der Waals surface area (Å²) in [7, 11) is 1.61. The number of hydrogen-bond donors (Lipinski definition) is 2. The predicted molar refractivity (Wildman–Crippen MR) is 114 cm³/mol. The summed E-state index contributed by atoms with van der Waals surface area (Å²) >= 11 is 0. The summed E-state index contributed by atoms with van der Waals surface area (Å²) in [6, 6.07) is 16.2. The minimum Gasteiger partial charge on any atom is -0.496 e. The first-order valence-electron chi connectivity index (χ1n) is 9.01. The number of hydrogen-bond acceptors (Lipinski definition) is 3. The molecule has 3 nitrogen and oxygen atoms in total. The van der Waals surface area contributed by atoms with Crippen molar-refractivity contribution >= 4 is 24.8 Å². The van der Waals surface area contributed by atoms with E-state index in [2.05, 4.69) is 22.8 Å². The van der Waals surface area contributed by atoms with Crippen LogP contribution in [0.4, 0.5) is 8.78 Å². The third-order valence-corrected chi connectivity index (χ3v) is 4.79. The van der Waals surface area contributed by atoms with Gasteiger partial charge in [0, 0.05) is 30.6 Å². The molecule has 2 N–H and O–H groups in total. The molecule has 3 rings (SSSR count). The van der Waals surface area contributed by atoms with Gasteiger partial charge in [-0.3, -0.25) is 0 Å². The van der Waals surface area contributed by atoms with Crippen molar-refractivity contribution in [2.45, 2.75) is 44.3 Å². The summed E-state index contributed by atoms with van der Waals surface area (Å²) in [4.78, 5) is 0. The first kappa shape index (κ1) is 24.6. The van der Waals surface area contributed by atoms with Crippen molar-refractivity contribution in [2.24, 2.45) is 0 Å². The highest BCUT2D eigenvalue weighted by molar-refractivity contribution is 5.85. The van der Waals surface area contributed by atoms with E-state index in [1.54, 1.807) is 19.2 Å². The summed E-state index contributed by atoms with van der Waals surface area (Å²) in [6.45, 7) is 2.49. The molecule has 0 bridgehead atoms. The summed E-state index contributed by atoms with van der Waals surface area (Å²) in [6.07, 6.45) is 0.760. The second-order valence-corrected chi connectivity index (χ2v) is 7.01. The Hall–Kier alpha value is -1.40. The van der Waals surface area contributed by atoms with Crippen molar-refractivity contribution in [1.82, 2.24) is 10.6 Å². The van der Waals surface area contributed by atoms with E-state index in [1.807, 2.05) is 24.3 Å². The lowest BCUT2D eigenvalue weighted by Crippen LogP contribution is -2.34. The van der Waals surface area contributed by atoms with Crippen LogP contribution in [0.1, 0.15) is 36.1 Å². The van der Waals surface area contributed by atoms with Gasteiger partial charge in [-0.2, -0.15) is 0 Å². The van der Waals surface area contributed by atoms with Gasteiger partial charge in [0.1, 0.15) is 5.75 Å². The summed E-state index contributed by atoms with van der Waals surface area (Å²) in [5.74, 6) is -1.99. The quantitative estimate of drug-likeness (QED) is 0.650. The molecule has 0 saturated carbocycles. The summed E-state index contributed by atoms with van der Waals surface area (Å²) < 4.78 is 32.1. The Morgan fingerprint density at radius 2 is 1.86 bits per heavy atom. The van der Waals surface area contributed by atoms with Gasteiger partial charge in [-0.05, 0) is 37.1 Å². The van der Waals surface area contributed by atoms with E-state index in [1.165, 1.54) is 5.56 Å². The molecule has 1 saturated heterocycles. The Kier molecular flexibility index (Phi) is 9.64. The monoisotopic (exact) mass is 432 g/mol. The smallest absolute Gasteiger partial charge is 0.249 e. The first-order chi connectivity index (χ1) is 12.5. The van der Waals surface area contributed by atoms with Crippen molar-refractivity contribution in [3.05, 3.63) is 65.2 Å². The molecule has 0 spiro atoms. The molecular formula is C21H28Cl2F2N2O. The minimum atomic E-state index is -2.72. The molecule has 7 heteroatoms. The van der Waals surface area contributed by atoms with Crippen LogP contribution in [0.5, 0.6) is 5.75 Å². The normalized spacial score (nSPS) is 18.9. The third kappa shape index (κ3) is 6.59. The van der Waals surface area contributed by atoms with Gasteiger partial charge in [0.25, 0.3) is 0 Å². The van der Waals surface area contributed by atoms with Gasteiger partial charge in [-0.15, -0.1) is 24.8 Å². The SMILES string of the molecule is COc1ccc(CC(C)(F)F)cc1CN[C@H]1CCN[C@H]1c1ccccc1.Cl.Cl. The molecule has 156 valence electrons. The molecule has 2 aromatic carbocycles. The molecule has 2 atom stereocenters. The molecule has 1 aliphatic rings. The molecule has 0 aliphatic carbocycles. The van der Waals surface area contributed by atoms with Gasteiger partial charge < -0.3 is 15.4 Å². The highest BCUT2D eigenvalue weighted by Crippen LogP contribution is 2.27. The van der Waals surface area contributed by atoms with Gasteiger partial charge in [0.15, 0.2) is 0 Å². The molecule has 0 aromatic heterocycles. The van der Waals surface area contributed by atoms with Crippen LogP contribution in [0.2, 0.25) is 0 Å². The molecular weight excluding hydrogens is 405 g/mol. The lowest BCUT2D eigenvalue weighted by Gasteiger charge is -2.22. The highest BCUT2D eigenvalue weighted by Gasteiger charge is 2.28. The van der Waals surface area contributed by atoms with Crippen LogP contribution >= 0.6 is 24.8 Å². The molecule has 1 heterocycles. The fraction of sp³-hybridized carbons (Fsp3) is 0.429. The first-order valence-corrected chi connectivity index (χ1v) is 9.01. The van der Waals surface area contributed by atoms with Crippen LogP contribution in [0.25, 0.3) is 0 Å². The maximum Gasteiger partial charge on any atom is 0.249 e. The van der Waals surface area contributed by atoms with Crippen molar-refractivity contribution in [3.63, 3.8) is 0 Å². The fourth-order valence-electron chi connectivity index (χ4n) is 3.61. The number of benzene rings is 2. The van der Waals surface area contributed by atoms with Crippen molar-refractivity contribution in [1.29, 1.82) is 0 Å². The van der Waals surface area contributed by atoms with E-state index < -0.39 is 5.92 Å². The second-order valence-electron chi connectivity index (χ2n) is 7.01. The van der Waals surface area contributed by atoms with Crippen LogP contribution in [0.3, 0.4) is 0 Å². The fourth-order valence-corrected chi connectivity index (χ4v) is 3.61. The lowest BCUT2D eigenvalue weighted by atomic mass is 10.00. The summed E-state index contributed by atoms with van der Waals surface area (Å²) in [5, 5.41) is 7.12. The van der Waals surface area contributed by atoms with Crippen LogP contribution in [0, 0.1) is 0 Å². The Balaban J connectivity index is 0.00000196. The number of nitrogens with one attached hydrogen (secondary N) is 2. The van der Waals surface area contributed by atoms with Gasteiger partial charge in [0.05, 0.1) is 7.11 Å². The van der Waals surface area contributed by atoms with Gasteiger partial charge >= 0.3 is 0 Å². The Labute approximate surface area is 178 Å². The number of methoxy groups -OCH3 is 1. The molecule has 1 aliphatic heterocycles. The molecule has 0 amide bonds. The van der Waals surface area contributed by atoms with Gasteiger partial charge in [0.2, 0.25) is 5.92 Å². The Bertz CT molecular complexity index is 726. The Morgan fingerprint density at radius 1 is 1.14 bits per heavy atom. The van der Waals surface area contributed by atoms with Gasteiger partial charge in [-0.1, -0.05) is 42.5 Å².